The van der Waals surface area contributed by atoms with Crippen molar-refractivity contribution < 1.29 is 23.1 Å². The van der Waals surface area contributed by atoms with Crippen LogP contribution in [0, 0.1) is 17.5 Å². The van der Waals surface area contributed by atoms with Crippen LogP contribution in [-0.2, 0) is 0 Å². The van der Waals surface area contributed by atoms with E-state index in [2.05, 4.69) is 0 Å². The molecule has 2 aromatic rings. The summed E-state index contributed by atoms with van der Waals surface area (Å²) in [4.78, 5) is 10.9. The number of nitrogens with two attached hydrogens (primary N) is 1. The van der Waals surface area contributed by atoms with Gasteiger partial charge in [-0.2, -0.15) is 0 Å². The highest BCUT2D eigenvalue weighted by Crippen LogP contribution is 2.29. The van der Waals surface area contributed by atoms with Crippen molar-refractivity contribution in [2.45, 2.75) is 0 Å². The van der Waals surface area contributed by atoms with E-state index in [9.17, 15) is 18.0 Å². The minimum absolute atomic E-state index is 0.0398. The molecule has 0 saturated heterocycles. The molecule has 0 radical (unpaired) electrons. The molecule has 0 aliphatic carbocycles. The molecule has 0 unspecified atom stereocenters. The van der Waals surface area contributed by atoms with Crippen LogP contribution in [0.25, 0.3) is 11.1 Å². The molecule has 0 aliphatic rings. The average Bonchev–Trinajstić information content (AvgIpc) is 2.26. The van der Waals surface area contributed by atoms with Gasteiger partial charge in [-0.05, 0) is 23.8 Å². The van der Waals surface area contributed by atoms with Crippen LogP contribution in [0.1, 0.15) is 10.4 Å². The van der Waals surface area contributed by atoms with Gasteiger partial charge >= 0.3 is 5.97 Å². The molecule has 0 heterocycles. The Bertz CT molecular complexity index is 648. The van der Waals surface area contributed by atoms with Crippen LogP contribution in [0.4, 0.5) is 18.9 Å². The first-order chi connectivity index (χ1) is 8.88. The average molecular weight is 267 g/mol. The van der Waals surface area contributed by atoms with Crippen molar-refractivity contribution in [3.05, 3.63) is 53.3 Å². The van der Waals surface area contributed by atoms with E-state index in [0.29, 0.717) is 12.1 Å². The van der Waals surface area contributed by atoms with Gasteiger partial charge in [-0.3, -0.25) is 0 Å². The van der Waals surface area contributed by atoms with Crippen molar-refractivity contribution in [3.63, 3.8) is 0 Å². The molecule has 98 valence electrons. The number of halogens is 3. The number of carboxylic acid groups (broad SMARTS) is 1. The lowest BCUT2D eigenvalue weighted by molar-refractivity contribution is 0.0697. The van der Waals surface area contributed by atoms with Crippen molar-refractivity contribution >= 4 is 11.7 Å². The van der Waals surface area contributed by atoms with Crippen molar-refractivity contribution in [2.75, 3.05) is 5.73 Å². The van der Waals surface area contributed by atoms with Crippen LogP contribution in [0.15, 0.2) is 30.3 Å². The Hall–Kier alpha value is -2.50. The predicted octanol–water partition coefficient (Wildman–Crippen LogP) is 3.05. The fourth-order valence-electron chi connectivity index (χ4n) is 1.74. The number of nitrogen functional groups attached to an aromatic ring is 1. The number of hydrogen-bond acceptors (Lipinski definition) is 2. The molecular weight excluding hydrogens is 259 g/mol. The van der Waals surface area contributed by atoms with Crippen molar-refractivity contribution in [1.82, 2.24) is 0 Å². The topological polar surface area (TPSA) is 63.3 Å². The zero-order valence-corrected chi connectivity index (χ0v) is 9.45. The number of hydrogen-bond donors (Lipinski definition) is 2. The zero-order chi connectivity index (χ0) is 14.2. The van der Waals surface area contributed by atoms with Gasteiger partial charge in [-0.15, -0.1) is 0 Å². The molecule has 3 nitrogen and oxygen atoms in total. The zero-order valence-electron chi connectivity index (χ0n) is 9.45. The first kappa shape index (κ1) is 12.9. The Morgan fingerprint density at radius 1 is 1.00 bits per heavy atom. The predicted molar refractivity (Wildman–Crippen MR) is 63.1 cm³/mol. The summed E-state index contributed by atoms with van der Waals surface area (Å²) in [7, 11) is 0. The summed E-state index contributed by atoms with van der Waals surface area (Å²) >= 11 is 0. The highest BCUT2D eigenvalue weighted by Gasteiger charge is 2.16. The molecule has 0 spiro atoms. The first-order valence-corrected chi connectivity index (χ1v) is 5.17. The van der Waals surface area contributed by atoms with Gasteiger partial charge in [0.25, 0.3) is 0 Å². The number of aromatic carboxylic acids is 1. The molecule has 0 atom stereocenters. The summed E-state index contributed by atoms with van der Waals surface area (Å²) in [5.74, 6) is -4.59. The van der Waals surface area contributed by atoms with E-state index in [1.54, 1.807) is 0 Å². The Morgan fingerprint density at radius 2 is 1.58 bits per heavy atom. The van der Waals surface area contributed by atoms with Gasteiger partial charge in [-0.1, -0.05) is 0 Å². The number of anilines is 1. The summed E-state index contributed by atoms with van der Waals surface area (Å²) in [5.41, 5.74) is 4.73. The fourth-order valence-corrected chi connectivity index (χ4v) is 1.74. The largest absolute Gasteiger partial charge is 0.478 e. The van der Waals surface area contributed by atoms with E-state index in [0.717, 1.165) is 12.1 Å². The number of carboxylic acids is 1. The Kier molecular flexibility index (Phi) is 3.16. The SMILES string of the molecule is Nc1cc(C(=O)O)cc(-c2c(F)cc(F)cc2F)c1. The summed E-state index contributed by atoms with van der Waals surface area (Å²) in [6.45, 7) is 0. The maximum Gasteiger partial charge on any atom is 0.335 e. The third-order valence-electron chi connectivity index (χ3n) is 2.50. The summed E-state index contributed by atoms with van der Waals surface area (Å²) in [5, 5.41) is 8.86. The van der Waals surface area contributed by atoms with Crippen LogP contribution in [-0.4, -0.2) is 11.1 Å². The monoisotopic (exact) mass is 267 g/mol. The quantitative estimate of drug-likeness (QED) is 0.822. The van der Waals surface area contributed by atoms with Crippen LogP contribution in [0.3, 0.4) is 0 Å². The van der Waals surface area contributed by atoms with Crippen LogP contribution in [0.5, 0.6) is 0 Å². The molecule has 2 aromatic carbocycles. The van der Waals surface area contributed by atoms with E-state index in [1.165, 1.54) is 6.07 Å². The van der Waals surface area contributed by atoms with E-state index in [4.69, 9.17) is 10.8 Å². The fraction of sp³-hybridized carbons (Fsp3) is 0. The van der Waals surface area contributed by atoms with E-state index < -0.39 is 29.0 Å². The van der Waals surface area contributed by atoms with Crippen molar-refractivity contribution in [3.8, 4) is 11.1 Å². The molecule has 0 saturated carbocycles. The molecule has 0 bridgehead atoms. The molecule has 0 fully saturated rings. The molecule has 2 rings (SSSR count). The number of benzene rings is 2. The van der Waals surface area contributed by atoms with E-state index >= 15 is 0 Å². The molecule has 0 aromatic heterocycles. The highest BCUT2D eigenvalue weighted by molar-refractivity contribution is 5.91. The van der Waals surface area contributed by atoms with Gasteiger partial charge in [0.05, 0.1) is 11.1 Å². The molecule has 19 heavy (non-hydrogen) atoms. The minimum atomic E-state index is -1.28. The summed E-state index contributed by atoms with van der Waals surface area (Å²) in [6, 6.07) is 4.47. The second-order valence-corrected chi connectivity index (χ2v) is 3.89. The number of rotatable bonds is 2. The lowest BCUT2D eigenvalue weighted by Crippen LogP contribution is -2.00. The standard InChI is InChI=1S/C13H8F3NO2/c14-8-4-10(15)12(11(16)5-8)6-1-7(13(18)19)3-9(17)2-6/h1-5H,17H2,(H,18,19). The maximum atomic E-state index is 13.6. The minimum Gasteiger partial charge on any atom is -0.478 e. The molecule has 6 heteroatoms. The number of carbonyl (C=O) groups is 1. The molecule has 0 aliphatic heterocycles. The Balaban J connectivity index is 2.69. The van der Waals surface area contributed by atoms with Crippen molar-refractivity contribution in [2.24, 2.45) is 0 Å². The Labute approximate surface area is 106 Å². The summed E-state index contributed by atoms with van der Waals surface area (Å²) < 4.78 is 40.0. The molecule has 0 amide bonds. The van der Waals surface area contributed by atoms with Gasteiger partial charge in [-0.25, -0.2) is 18.0 Å². The van der Waals surface area contributed by atoms with E-state index in [1.807, 2.05) is 0 Å². The lowest BCUT2D eigenvalue weighted by Gasteiger charge is -2.08. The second-order valence-electron chi connectivity index (χ2n) is 3.89. The Morgan fingerprint density at radius 3 is 2.11 bits per heavy atom. The third kappa shape index (κ3) is 2.52. The highest BCUT2D eigenvalue weighted by atomic mass is 19.1. The third-order valence-corrected chi connectivity index (χ3v) is 2.50. The smallest absolute Gasteiger partial charge is 0.335 e. The summed E-state index contributed by atoms with van der Waals surface area (Å²) in [6.07, 6.45) is 0. The van der Waals surface area contributed by atoms with Gasteiger partial charge in [0, 0.05) is 17.8 Å². The first-order valence-electron chi connectivity index (χ1n) is 5.17. The normalized spacial score (nSPS) is 10.5. The van der Waals surface area contributed by atoms with E-state index in [-0.39, 0.29) is 16.8 Å². The van der Waals surface area contributed by atoms with Gasteiger partial charge < -0.3 is 10.8 Å². The van der Waals surface area contributed by atoms with Gasteiger partial charge in [0.15, 0.2) is 0 Å². The van der Waals surface area contributed by atoms with Crippen LogP contribution in [0.2, 0.25) is 0 Å². The van der Waals surface area contributed by atoms with Crippen LogP contribution >= 0.6 is 0 Å². The molecule has 3 N–H and O–H groups in total. The maximum absolute atomic E-state index is 13.6. The molecular formula is C13H8F3NO2. The van der Waals surface area contributed by atoms with Gasteiger partial charge in [0.2, 0.25) is 0 Å². The second kappa shape index (κ2) is 4.64. The lowest BCUT2D eigenvalue weighted by atomic mass is 10.0. The van der Waals surface area contributed by atoms with Crippen LogP contribution < -0.4 is 5.73 Å². The van der Waals surface area contributed by atoms with Crippen molar-refractivity contribution in [1.29, 1.82) is 0 Å². The van der Waals surface area contributed by atoms with Gasteiger partial charge in [0.1, 0.15) is 17.5 Å².